The summed E-state index contributed by atoms with van der Waals surface area (Å²) in [6.45, 7) is 5.26. The number of anilines is 1. The summed E-state index contributed by atoms with van der Waals surface area (Å²) >= 11 is 0. The summed E-state index contributed by atoms with van der Waals surface area (Å²) in [5.41, 5.74) is 4.08. The van der Waals surface area contributed by atoms with Crippen molar-refractivity contribution in [1.29, 1.82) is 5.41 Å². The van der Waals surface area contributed by atoms with E-state index in [1.807, 2.05) is 17.2 Å². The van der Waals surface area contributed by atoms with Crippen molar-refractivity contribution in [3.05, 3.63) is 35.5 Å². The molecule has 1 amide bonds. The van der Waals surface area contributed by atoms with Gasteiger partial charge in [0.15, 0.2) is 0 Å². The van der Waals surface area contributed by atoms with E-state index in [1.54, 1.807) is 14.0 Å². The van der Waals surface area contributed by atoms with Gasteiger partial charge >= 0.3 is 0 Å². The fraction of sp³-hybridized carbons (Fsp3) is 0.524. The van der Waals surface area contributed by atoms with Gasteiger partial charge in [-0.25, -0.2) is 0 Å². The molecule has 5 nitrogen and oxygen atoms in total. The number of hydrogen-bond acceptors (Lipinski definition) is 4. The van der Waals surface area contributed by atoms with Crippen LogP contribution in [0.4, 0.5) is 5.69 Å². The number of nitrogens with one attached hydrogen (secondary N) is 2. The molecule has 1 aliphatic heterocycles. The van der Waals surface area contributed by atoms with Gasteiger partial charge in [-0.1, -0.05) is 13.0 Å². The zero-order chi connectivity index (χ0) is 18.7. The Bertz CT molecular complexity index is 709. The number of amides is 1. The highest BCUT2D eigenvalue weighted by atomic mass is 16.5. The molecule has 140 valence electrons. The lowest BCUT2D eigenvalue weighted by atomic mass is 9.83. The topological polar surface area (TPSA) is 65.4 Å². The van der Waals surface area contributed by atoms with Crippen molar-refractivity contribution in [3.8, 4) is 0 Å². The van der Waals surface area contributed by atoms with Crippen LogP contribution in [0, 0.1) is 17.2 Å². The van der Waals surface area contributed by atoms with E-state index in [-0.39, 0.29) is 5.91 Å². The van der Waals surface area contributed by atoms with E-state index in [4.69, 9.17) is 10.1 Å². The molecule has 1 saturated carbocycles. The second-order valence-corrected chi connectivity index (χ2v) is 7.43. The molecule has 2 N–H and O–H groups in total. The van der Waals surface area contributed by atoms with Crippen LogP contribution in [-0.4, -0.2) is 38.4 Å². The summed E-state index contributed by atoms with van der Waals surface area (Å²) in [5, 5.41) is 10.9. The molecule has 0 saturated heterocycles. The summed E-state index contributed by atoms with van der Waals surface area (Å²) < 4.78 is 5.03. The summed E-state index contributed by atoms with van der Waals surface area (Å²) in [4.78, 5) is 14.4. The number of allylic oxidation sites excluding steroid dienone is 1. The van der Waals surface area contributed by atoms with Crippen molar-refractivity contribution in [1.82, 2.24) is 5.32 Å². The highest BCUT2D eigenvalue weighted by molar-refractivity contribution is 6.08. The van der Waals surface area contributed by atoms with Crippen molar-refractivity contribution in [3.63, 3.8) is 0 Å². The molecule has 1 aromatic rings. The minimum absolute atomic E-state index is 0.131. The maximum atomic E-state index is 12.4. The average Bonchev–Trinajstić information content (AvgIpc) is 3.45. The standard InChI is InChI=1S/C21H29N3O2/c1-14-10-18-11-17(19(12-22)13-23-8-9-26-3)6-7-20(18)24(15(2)25)21(14)16-4-5-16/h6-7,11-14,16,21-23H,4-5,8-10H2,1-3H3/b19-13+,22-12?/t14-,21-/m1/s1. The van der Waals surface area contributed by atoms with E-state index in [1.165, 1.54) is 24.6 Å². The van der Waals surface area contributed by atoms with E-state index in [0.29, 0.717) is 31.0 Å². The second-order valence-electron chi connectivity index (χ2n) is 7.43. The Balaban J connectivity index is 1.89. The van der Waals surface area contributed by atoms with Gasteiger partial charge in [0.2, 0.25) is 5.91 Å². The van der Waals surface area contributed by atoms with Crippen LogP contribution in [0.3, 0.4) is 0 Å². The van der Waals surface area contributed by atoms with Gasteiger partial charge < -0.3 is 20.4 Å². The fourth-order valence-electron chi connectivity index (χ4n) is 4.09. The van der Waals surface area contributed by atoms with Crippen LogP contribution in [0.5, 0.6) is 0 Å². The lowest BCUT2D eigenvalue weighted by Gasteiger charge is -2.41. The molecular weight excluding hydrogens is 326 g/mol. The maximum absolute atomic E-state index is 12.4. The van der Waals surface area contributed by atoms with E-state index in [9.17, 15) is 4.79 Å². The lowest BCUT2D eigenvalue weighted by Crippen LogP contribution is -2.48. The quantitative estimate of drug-likeness (QED) is 0.583. The molecule has 1 heterocycles. The molecule has 2 aliphatic rings. The highest BCUT2D eigenvalue weighted by Crippen LogP contribution is 2.45. The van der Waals surface area contributed by atoms with Gasteiger partial charge in [0, 0.05) is 50.3 Å². The molecule has 0 aromatic heterocycles. The van der Waals surface area contributed by atoms with Crippen LogP contribution < -0.4 is 10.2 Å². The predicted molar refractivity (Wildman–Crippen MR) is 106 cm³/mol. The number of nitrogens with zero attached hydrogens (tertiary/aromatic N) is 1. The largest absolute Gasteiger partial charge is 0.388 e. The minimum atomic E-state index is 0.131. The molecule has 2 atom stereocenters. The molecule has 1 aromatic carbocycles. The molecule has 1 aliphatic carbocycles. The summed E-state index contributed by atoms with van der Waals surface area (Å²) in [5.74, 6) is 1.25. The minimum Gasteiger partial charge on any atom is -0.388 e. The van der Waals surface area contributed by atoms with E-state index in [2.05, 4.69) is 24.4 Å². The van der Waals surface area contributed by atoms with Gasteiger partial charge in [-0.2, -0.15) is 0 Å². The molecule has 0 unspecified atom stereocenters. The predicted octanol–water partition coefficient (Wildman–Crippen LogP) is 3.24. The number of ether oxygens (including phenoxy) is 1. The highest BCUT2D eigenvalue weighted by Gasteiger charge is 2.43. The van der Waals surface area contributed by atoms with Crippen molar-refractivity contribution in [2.75, 3.05) is 25.2 Å². The molecule has 0 spiro atoms. The molecule has 0 bridgehead atoms. The fourth-order valence-corrected chi connectivity index (χ4v) is 4.09. The van der Waals surface area contributed by atoms with Crippen LogP contribution in [0.1, 0.15) is 37.8 Å². The number of rotatable bonds is 7. The first-order chi connectivity index (χ1) is 12.6. The Labute approximate surface area is 155 Å². The van der Waals surface area contributed by atoms with Gasteiger partial charge in [0.05, 0.1) is 6.61 Å². The van der Waals surface area contributed by atoms with Crippen LogP contribution in [0.25, 0.3) is 5.57 Å². The molecule has 3 rings (SSSR count). The monoisotopic (exact) mass is 355 g/mol. The van der Waals surface area contributed by atoms with E-state index >= 15 is 0 Å². The number of benzene rings is 1. The van der Waals surface area contributed by atoms with Gasteiger partial charge in [-0.05, 0) is 54.4 Å². The Morgan fingerprint density at radius 1 is 1.42 bits per heavy atom. The Hall–Kier alpha value is -2.14. The second kappa shape index (κ2) is 8.04. The van der Waals surface area contributed by atoms with Crippen molar-refractivity contribution >= 4 is 23.4 Å². The molecule has 5 heteroatoms. The van der Waals surface area contributed by atoms with Gasteiger partial charge in [-0.15, -0.1) is 0 Å². The van der Waals surface area contributed by atoms with Crippen LogP contribution in [-0.2, 0) is 16.0 Å². The number of carbonyl (C=O) groups excluding carboxylic acids is 1. The maximum Gasteiger partial charge on any atom is 0.224 e. The number of methoxy groups -OCH3 is 1. The summed E-state index contributed by atoms with van der Waals surface area (Å²) in [6, 6.07) is 6.54. The first-order valence-corrected chi connectivity index (χ1v) is 9.43. The Morgan fingerprint density at radius 3 is 2.81 bits per heavy atom. The number of carbonyl (C=O) groups is 1. The number of fused-ring (bicyclic) bond motifs is 1. The van der Waals surface area contributed by atoms with Crippen molar-refractivity contribution in [2.24, 2.45) is 11.8 Å². The number of hydrogen-bond donors (Lipinski definition) is 2. The third-order valence-corrected chi connectivity index (χ3v) is 5.40. The van der Waals surface area contributed by atoms with Crippen LogP contribution in [0.15, 0.2) is 24.4 Å². The van der Waals surface area contributed by atoms with Crippen LogP contribution >= 0.6 is 0 Å². The summed E-state index contributed by atoms with van der Waals surface area (Å²) in [7, 11) is 1.67. The SMILES string of the molecule is COCCN/C=C(\C=N)c1ccc2c(c1)C[C@@H](C)[C@H](C1CC1)N2C(C)=O. The lowest BCUT2D eigenvalue weighted by molar-refractivity contribution is -0.117. The van der Waals surface area contributed by atoms with Gasteiger partial charge in [-0.3, -0.25) is 4.79 Å². The van der Waals surface area contributed by atoms with Gasteiger partial charge in [0.1, 0.15) is 0 Å². The molecule has 1 fully saturated rings. The molecule has 0 radical (unpaired) electrons. The van der Waals surface area contributed by atoms with E-state index < -0.39 is 0 Å². The Kier molecular flexibility index (Phi) is 5.77. The van der Waals surface area contributed by atoms with Crippen molar-refractivity contribution in [2.45, 2.75) is 39.2 Å². The van der Waals surface area contributed by atoms with Crippen molar-refractivity contribution < 1.29 is 9.53 Å². The zero-order valence-corrected chi connectivity index (χ0v) is 15.9. The zero-order valence-electron chi connectivity index (χ0n) is 15.9. The van der Waals surface area contributed by atoms with E-state index in [0.717, 1.165) is 23.2 Å². The third-order valence-electron chi connectivity index (χ3n) is 5.40. The first-order valence-electron chi connectivity index (χ1n) is 9.43. The Morgan fingerprint density at radius 2 is 2.19 bits per heavy atom. The first kappa shape index (κ1) is 18.6. The summed E-state index contributed by atoms with van der Waals surface area (Å²) in [6.07, 6.45) is 6.68. The smallest absolute Gasteiger partial charge is 0.224 e. The third kappa shape index (κ3) is 3.83. The van der Waals surface area contributed by atoms with Gasteiger partial charge in [0.25, 0.3) is 0 Å². The molecular formula is C21H29N3O2. The molecule has 26 heavy (non-hydrogen) atoms. The normalized spacial score (nSPS) is 22.7. The average molecular weight is 355 g/mol. The van der Waals surface area contributed by atoms with Crippen LogP contribution in [0.2, 0.25) is 0 Å².